The average molecular weight is 281 g/mol. The molecule has 19 heavy (non-hydrogen) atoms. The van der Waals surface area contributed by atoms with Gasteiger partial charge in [0.2, 0.25) is 0 Å². The van der Waals surface area contributed by atoms with E-state index in [4.69, 9.17) is 5.73 Å². The molecule has 0 unspecified atom stereocenters. The highest BCUT2D eigenvalue weighted by Crippen LogP contribution is 2.10. The molecule has 0 saturated heterocycles. The summed E-state index contributed by atoms with van der Waals surface area (Å²) in [5.74, 6) is 5.70. The van der Waals surface area contributed by atoms with E-state index in [0.29, 0.717) is 13.1 Å². The van der Waals surface area contributed by atoms with Gasteiger partial charge >= 0.3 is 0 Å². The highest BCUT2D eigenvalue weighted by Gasteiger charge is 2.20. The van der Waals surface area contributed by atoms with Gasteiger partial charge in [0, 0.05) is 33.3 Å². The van der Waals surface area contributed by atoms with E-state index in [9.17, 15) is 8.42 Å². The van der Waals surface area contributed by atoms with Crippen molar-refractivity contribution in [3.8, 4) is 11.8 Å². The number of hydrogen-bond acceptors (Lipinski definition) is 3. The molecular formula is C13H19N3O2S. The maximum atomic E-state index is 11.9. The molecule has 0 radical (unpaired) electrons. The van der Waals surface area contributed by atoms with Crippen LogP contribution in [0.2, 0.25) is 0 Å². The van der Waals surface area contributed by atoms with Gasteiger partial charge in [-0.2, -0.15) is 17.0 Å². The Morgan fingerprint density at radius 3 is 2.53 bits per heavy atom. The highest BCUT2D eigenvalue weighted by molar-refractivity contribution is 7.86. The fourth-order valence-electron chi connectivity index (χ4n) is 1.52. The summed E-state index contributed by atoms with van der Waals surface area (Å²) >= 11 is 0. The van der Waals surface area contributed by atoms with Gasteiger partial charge in [-0.05, 0) is 17.7 Å². The Hall–Kier alpha value is -1.39. The highest BCUT2D eigenvalue weighted by atomic mass is 32.2. The van der Waals surface area contributed by atoms with Crippen molar-refractivity contribution in [2.24, 2.45) is 5.73 Å². The van der Waals surface area contributed by atoms with Gasteiger partial charge in [0.15, 0.2) is 0 Å². The number of nitrogens with two attached hydrogens (primary N) is 1. The lowest BCUT2D eigenvalue weighted by Gasteiger charge is -2.21. The van der Waals surface area contributed by atoms with E-state index in [1.54, 1.807) is 7.05 Å². The number of rotatable bonds is 4. The van der Waals surface area contributed by atoms with E-state index in [-0.39, 0.29) is 0 Å². The van der Waals surface area contributed by atoms with Crippen molar-refractivity contribution in [2.45, 2.75) is 6.54 Å². The maximum absolute atomic E-state index is 11.9. The topological polar surface area (TPSA) is 66.6 Å². The van der Waals surface area contributed by atoms with Crippen LogP contribution in [0.3, 0.4) is 0 Å². The van der Waals surface area contributed by atoms with Gasteiger partial charge in [0.05, 0.1) is 6.54 Å². The second-order valence-electron chi connectivity index (χ2n) is 4.25. The lowest BCUT2D eigenvalue weighted by Crippen LogP contribution is -2.36. The predicted molar refractivity (Wildman–Crippen MR) is 76.4 cm³/mol. The third-order valence-corrected chi connectivity index (χ3v) is 4.36. The second kappa shape index (κ2) is 6.68. The molecule has 0 aliphatic rings. The molecule has 0 spiro atoms. The molecule has 0 amide bonds. The monoisotopic (exact) mass is 281 g/mol. The van der Waals surface area contributed by atoms with Crippen molar-refractivity contribution in [1.82, 2.24) is 8.61 Å². The zero-order valence-electron chi connectivity index (χ0n) is 11.4. The summed E-state index contributed by atoms with van der Waals surface area (Å²) < 4.78 is 26.3. The summed E-state index contributed by atoms with van der Waals surface area (Å²) in [6.45, 7) is 0.609. The molecule has 1 aromatic rings. The van der Waals surface area contributed by atoms with Crippen LogP contribution in [-0.2, 0) is 16.8 Å². The third kappa shape index (κ3) is 4.33. The lowest BCUT2D eigenvalue weighted by molar-refractivity contribution is 0.414. The molecule has 0 aliphatic carbocycles. The van der Waals surface area contributed by atoms with Crippen LogP contribution < -0.4 is 5.73 Å². The summed E-state index contributed by atoms with van der Waals surface area (Å²) in [6.07, 6.45) is 0. The van der Waals surface area contributed by atoms with E-state index in [2.05, 4.69) is 11.8 Å². The Kier molecular flexibility index (Phi) is 5.51. The SMILES string of the molecule is CN(C)S(=O)(=O)N(C)Cc1cccc(C#CCN)c1. The second-order valence-corrected chi connectivity index (χ2v) is 6.50. The fraction of sp³-hybridized carbons (Fsp3) is 0.385. The van der Waals surface area contributed by atoms with Crippen molar-refractivity contribution in [1.29, 1.82) is 0 Å². The molecule has 0 fully saturated rings. The quantitative estimate of drug-likeness (QED) is 0.804. The summed E-state index contributed by atoms with van der Waals surface area (Å²) in [5.41, 5.74) is 7.04. The molecular weight excluding hydrogens is 262 g/mol. The Morgan fingerprint density at radius 1 is 1.26 bits per heavy atom. The maximum Gasteiger partial charge on any atom is 0.281 e. The summed E-state index contributed by atoms with van der Waals surface area (Å²) in [5, 5.41) is 0. The molecule has 1 rings (SSSR count). The molecule has 0 atom stereocenters. The molecule has 2 N–H and O–H groups in total. The summed E-state index contributed by atoms with van der Waals surface area (Å²) in [6, 6.07) is 7.46. The minimum absolute atomic E-state index is 0.304. The van der Waals surface area contributed by atoms with Crippen LogP contribution in [0.5, 0.6) is 0 Å². The zero-order chi connectivity index (χ0) is 14.5. The molecule has 1 aromatic carbocycles. The molecule has 0 bridgehead atoms. The van der Waals surface area contributed by atoms with Crippen molar-refractivity contribution in [3.63, 3.8) is 0 Å². The van der Waals surface area contributed by atoms with Gasteiger partial charge in [-0.15, -0.1) is 0 Å². The standard InChI is InChI=1S/C13H19N3O2S/c1-15(2)19(17,18)16(3)11-13-7-4-6-12(10-13)8-5-9-14/h4,6-7,10H,9,11,14H2,1-3H3. The number of benzene rings is 1. The van der Waals surface area contributed by atoms with Gasteiger partial charge in [0.1, 0.15) is 0 Å². The van der Waals surface area contributed by atoms with Crippen LogP contribution in [-0.4, -0.2) is 44.7 Å². The van der Waals surface area contributed by atoms with Gasteiger partial charge in [-0.25, -0.2) is 0 Å². The Bertz CT molecular complexity index is 585. The third-order valence-electron chi connectivity index (χ3n) is 2.52. The zero-order valence-corrected chi connectivity index (χ0v) is 12.2. The smallest absolute Gasteiger partial charge is 0.281 e. The first-order valence-corrected chi connectivity index (χ1v) is 7.19. The van der Waals surface area contributed by atoms with Crippen LogP contribution in [0, 0.1) is 11.8 Å². The van der Waals surface area contributed by atoms with Crippen molar-refractivity contribution < 1.29 is 8.42 Å². The molecule has 0 aliphatic heterocycles. The van der Waals surface area contributed by atoms with E-state index < -0.39 is 10.2 Å². The van der Waals surface area contributed by atoms with Crippen LogP contribution in [0.25, 0.3) is 0 Å². The van der Waals surface area contributed by atoms with Crippen LogP contribution in [0.15, 0.2) is 24.3 Å². The first kappa shape index (κ1) is 15.7. The van der Waals surface area contributed by atoms with Crippen molar-refractivity contribution in [3.05, 3.63) is 35.4 Å². The van der Waals surface area contributed by atoms with E-state index in [1.807, 2.05) is 24.3 Å². The van der Waals surface area contributed by atoms with Gasteiger partial charge in [-0.3, -0.25) is 0 Å². The lowest BCUT2D eigenvalue weighted by atomic mass is 10.1. The average Bonchev–Trinajstić information content (AvgIpc) is 2.36. The molecule has 104 valence electrons. The normalized spacial score (nSPS) is 11.5. The Morgan fingerprint density at radius 2 is 1.95 bits per heavy atom. The minimum Gasteiger partial charge on any atom is -0.320 e. The molecule has 0 heterocycles. The van der Waals surface area contributed by atoms with E-state index in [1.165, 1.54) is 22.7 Å². The van der Waals surface area contributed by atoms with Crippen LogP contribution in [0.1, 0.15) is 11.1 Å². The molecule has 5 nitrogen and oxygen atoms in total. The largest absolute Gasteiger partial charge is 0.320 e. The Labute approximate surface area is 115 Å². The fourth-order valence-corrected chi connectivity index (χ4v) is 2.39. The number of hydrogen-bond donors (Lipinski definition) is 1. The summed E-state index contributed by atoms with van der Waals surface area (Å²) in [4.78, 5) is 0. The van der Waals surface area contributed by atoms with Crippen molar-refractivity contribution >= 4 is 10.2 Å². The first-order chi connectivity index (χ1) is 8.87. The van der Waals surface area contributed by atoms with E-state index in [0.717, 1.165) is 11.1 Å². The van der Waals surface area contributed by atoms with Crippen molar-refractivity contribution in [2.75, 3.05) is 27.7 Å². The minimum atomic E-state index is -3.39. The predicted octanol–water partition coefficient (Wildman–Crippen LogP) is 0.235. The molecule has 6 heteroatoms. The van der Waals surface area contributed by atoms with Crippen LogP contribution >= 0.6 is 0 Å². The number of nitrogens with zero attached hydrogens (tertiary/aromatic N) is 2. The van der Waals surface area contributed by atoms with Gasteiger partial charge in [-0.1, -0.05) is 24.0 Å². The summed E-state index contributed by atoms with van der Waals surface area (Å²) in [7, 11) is 1.17. The first-order valence-electron chi connectivity index (χ1n) is 5.79. The molecule has 0 saturated carbocycles. The van der Waals surface area contributed by atoms with Gasteiger partial charge < -0.3 is 5.73 Å². The van der Waals surface area contributed by atoms with E-state index >= 15 is 0 Å². The van der Waals surface area contributed by atoms with Gasteiger partial charge in [0.25, 0.3) is 10.2 Å². The molecule has 0 aromatic heterocycles. The van der Waals surface area contributed by atoms with Crippen LogP contribution in [0.4, 0.5) is 0 Å². The Balaban J connectivity index is 2.89.